The van der Waals surface area contributed by atoms with Crippen molar-refractivity contribution in [3.05, 3.63) is 46.6 Å². The summed E-state index contributed by atoms with van der Waals surface area (Å²) >= 11 is 0. The van der Waals surface area contributed by atoms with Gasteiger partial charge in [0.05, 0.1) is 0 Å². The van der Waals surface area contributed by atoms with E-state index in [0.717, 1.165) is 24.1 Å². The Kier molecular flexibility index (Phi) is 4.51. The van der Waals surface area contributed by atoms with Crippen molar-refractivity contribution in [1.29, 1.82) is 0 Å². The highest BCUT2D eigenvalue weighted by Gasteiger charge is 2.22. The highest BCUT2D eigenvalue weighted by molar-refractivity contribution is 5.97. The van der Waals surface area contributed by atoms with Crippen molar-refractivity contribution in [2.75, 3.05) is 7.05 Å². The Bertz CT molecular complexity index is 668. The van der Waals surface area contributed by atoms with Gasteiger partial charge in [-0.25, -0.2) is 0 Å². The minimum absolute atomic E-state index is 0.00403. The molecule has 0 radical (unpaired) electrons. The van der Waals surface area contributed by atoms with Gasteiger partial charge in [-0.15, -0.1) is 0 Å². The number of carbonyl (C=O) groups is 1. The van der Waals surface area contributed by atoms with Crippen molar-refractivity contribution in [3.8, 4) is 11.3 Å². The Hall–Kier alpha value is -2.03. The number of aryl methyl sites for hydroxylation is 2. The van der Waals surface area contributed by atoms with E-state index in [2.05, 4.69) is 42.1 Å². The van der Waals surface area contributed by atoms with Crippen molar-refractivity contribution in [2.24, 2.45) is 0 Å². The molecule has 0 aliphatic carbocycles. The monoisotopic (exact) mass is 284 g/mol. The van der Waals surface area contributed by atoms with E-state index in [-0.39, 0.29) is 5.91 Å². The molecule has 3 heteroatoms. The zero-order valence-corrected chi connectivity index (χ0v) is 13.6. The first-order chi connectivity index (χ1) is 10.1. The molecule has 1 aliphatic rings. The first-order valence-corrected chi connectivity index (χ1v) is 7.64. The molecule has 21 heavy (non-hydrogen) atoms. The second-order valence-electron chi connectivity index (χ2n) is 5.14. The summed E-state index contributed by atoms with van der Waals surface area (Å²) in [5.74, 6) is 0.00403. The molecule has 2 heterocycles. The van der Waals surface area contributed by atoms with Crippen LogP contribution in [0.3, 0.4) is 0 Å². The van der Waals surface area contributed by atoms with Crippen LogP contribution in [0.5, 0.6) is 0 Å². The highest BCUT2D eigenvalue weighted by atomic mass is 16.1. The molecule has 0 saturated heterocycles. The first-order valence-electron chi connectivity index (χ1n) is 7.64. The lowest BCUT2D eigenvalue weighted by Gasteiger charge is -2.24. The number of aromatic nitrogens is 1. The van der Waals surface area contributed by atoms with E-state index in [1.54, 1.807) is 7.05 Å². The van der Waals surface area contributed by atoms with Gasteiger partial charge in [0, 0.05) is 36.6 Å². The number of nitrogens with one attached hydrogen (secondary N) is 1. The van der Waals surface area contributed by atoms with Gasteiger partial charge in [0.25, 0.3) is 5.91 Å². The fraction of sp³-hybridized carbons (Fsp3) is 0.389. The van der Waals surface area contributed by atoms with E-state index >= 15 is 0 Å². The van der Waals surface area contributed by atoms with Crippen LogP contribution in [0.25, 0.3) is 11.3 Å². The molecule has 0 fully saturated rings. The van der Waals surface area contributed by atoms with Crippen LogP contribution in [0.4, 0.5) is 0 Å². The second-order valence-corrected chi connectivity index (χ2v) is 5.14. The van der Waals surface area contributed by atoms with Crippen molar-refractivity contribution >= 4 is 5.91 Å². The standard InChI is InChI=1S/C16H18N2O.C2H6/c1-10-9-13(16(19)17-3)11(2)12-6-8-18-7-4-5-14(18)15(10)12;1-2/h4-5,7,9H,6,8H2,1-3H3,(H,17,19);1-2H3. The zero-order valence-electron chi connectivity index (χ0n) is 13.6. The summed E-state index contributed by atoms with van der Waals surface area (Å²) in [7, 11) is 1.68. The number of benzene rings is 1. The van der Waals surface area contributed by atoms with Gasteiger partial charge in [0.1, 0.15) is 0 Å². The summed E-state index contributed by atoms with van der Waals surface area (Å²) in [6.07, 6.45) is 3.12. The number of hydrogen-bond acceptors (Lipinski definition) is 1. The summed E-state index contributed by atoms with van der Waals surface area (Å²) in [4.78, 5) is 12.0. The minimum Gasteiger partial charge on any atom is -0.355 e. The fourth-order valence-corrected chi connectivity index (χ4v) is 3.09. The largest absolute Gasteiger partial charge is 0.355 e. The number of amides is 1. The molecule has 2 aromatic rings. The van der Waals surface area contributed by atoms with E-state index in [0.29, 0.717) is 0 Å². The summed E-state index contributed by atoms with van der Waals surface area (Å²) in [5.41, 5.74) is 7.00. The van der Waals surface area contributed by atoms with Crippen LogP contribution in [-0.4, -0.2) is 17.5 Å². The van der Waals surface area contributed by atoms with Crippen LogP contribution in [0.15, 0.2) is 24.4 Å². The number of hydrogen-bond donors (Lipinski definition) is 1. The molecule has 1 aliphatic heterocycles. The molecule has 0 atom stereocenters. The average Bonchev–Trinajstić information content (AvgIpc) is 2.99. The third kappa shape index (κ3) is 2.48. The molecule has 0 bridgehead atoms. The molecule has 3 rings (SSSR count). The maximum atomic E-state index is 12.0. The zero-order chi connectivity index (χ0) is 15.6. The van der Waals surface area contributed by atoms with Gasteiger partial charge in [-0.05, 0) is 55.2 Å². The predicted octanol–water partition coefficient (Wildman–Crippen LogP) is 3.71. The predicted molar refractivity (Wildman–Crippen MR) is 87.8 cm³/mol. The first kappa shape index (κ1) is 15.4. The van der Waals surface area contributed by atoms with Crippen LogP contribution in [0.2, 0.25) is 0 Å². The lowest BCUT2D eigenvalue weighted by molar-refractivity contribution is 0.0962. The molecule has 3 nitrogen and oxygen atoms in total. The van der Waals surface area contributed by atoms with Gasteiger partial charge in [-0.1, -0.05) is 13.8 Å². The molecular formula is C18H24N2O. The molecule has 0 saturated carbocycles. The topological polar surface area (TPSA) is 34.0 Å². The van der Waals surface area contributed by atoms with E-state index in [9.17, 15) is 4.79 Å². The summed E-state index contributed by atoms with van der Waals surface area (Å²) < 4.78 is 2.29. The van der Waals surface area contributed by atoms with Crippen LogP contribution in [-0.2, 0) is 13.0 Å². The molecule has 0 unspecified atom stereocenters. The Morgan fingerprint density at radius 1 is 1.29 bits per heavy atom. The SMILES string of the molecule is CC.CNC(=O)c1cc(C)c2c(c1C)CCn1cccc1-2. The maximum absolute atomic E-state index is 12.0. The third-order valence-electron chi connectivity index (χ3n) is 4.07. The molecule has 0 spiro atoms. The molecule has 1 aromatic carbocycles. The van der Waals surface area contributed by atoms with E-state index in [1.807, 2.05) is 19.9 Å². The molecule has 1 amide bonds. The van der Waals surface area contributed by atoms with E-state index in [1.165, 1.54) is 22.4 Å². The second kappa shape index (κ2) is 6.17. The van der Waals surface area contributed by atoms with Gasteiger partial charge in [-0.2, -0.15) is 0 Å². The molecular weight excluding hydrogens is 260 g/mol. The van der Waals surface area contributed by atoms with Crippen molar-refractivity contribution in [3.63, 3.8) is 0 Å². The average molecular weight is 284 g/mol. The smallest absolute Gasteiger partial charge is 0.251 e. The summed E-state index contributed by atoms with van der Waals surface area (Å²) in [6.45, 7) is 9.14. The Morgan fingerprint density at radius 2 is 2.00 bits per heavy atom. The van der Waals surface area contributed by atoms with Crippen molar-refractivity contribution < 1.29 is 4.79 Å². The van der Waals surface area contributed by atoms with Gasteiger partial charge in [-0.3, -0.25) is 4.79 Å². The van der Waals surface area contributed by atoms with Crippen LogP contribution in [0, 0.1) is 13.8 Å². The van der Waals surface area contributed by atoms with Crippen molar-refractivity contribution in [2.45, 2.75) is 40.7 Å². The third-order valence-corrected chi connectivity index (χ3v) is 4.07. The number of carbonyl (C=O) groups excluding carboxylic acids is 1. The number of nitrogens with zero attached hydrogens (tertiary/aromatic N) is 1. The van der Waals surface area contributed by atoms with Gasteiger partial charge in [0.2, 0.25) is 0 Å². The Morgan fingerprint density at radius 3 is 2.67 bits per heavy atom. The Balaban J connectivity index is 0.000000774. The van der Waals surface area contributed by atoms with Gasteiger partial charge >= 0.3 is 0 Å². The normalized spacial score (nSPS) is 11.9. The van der Waals surface area contributed by atoms with Crippen LogP contribution in [0.1, 0.15) is 40.9 Å². The van der Waals surface area contributed by atoms with E-state index < -0.39 is 0 Å². The quantitative estimate of drug-likeness (QED) is 0.851. The summed E-state index contributed by atoms with van der Waals surface area (Å²) in [5, 5.41) is 2.73. The lowest BCUT2D eigenvalue weighted by atomic mass is 9.87. The molecule has 1 aromatic heterocycles. The van der Waals surface area contributed by atoms with Gasteiger partial charge in [0.15, 0.2) is 0 Å². The molecule has 1 N–H and O–H groups in total. The highest BCUT2D eigenvalue weighted by Crippen LogP contribution is 2.36. The Labute approximate surface area is 127 Å². The number of rotatable bonds is 1. The molecule has 112 valence electrons. The number of fused-ring (bicyclic) bond motifs is 3. The maximum Gasteiger partial charge on any atom is 0.251 e. The van der Waals surface area contributed by atoms with E-state index in [4.69, 9.17) is 0 Å². The lowest BCUT2D eigenvalue weighted by Crippen LogP contribution is -2.21. The van der Waals surface area contributed by atoms with Crippen molar-refractivity contribution in [1.82, 2.24) is 9.88 Å². The minimum atomic E-state index is 0.00403. The van der Waals surface area contributed by atoms with Gasteiger partial charge < -0.3 is 9.88 Å². The summed E-state index contributed by atoms with van der Waals surface area (Å²) in [6, 6.07) is 6.26. The van der Waals surface area contributed by atoms with Crippen LogP contribution >= 0.6 is 0 Å². The van der Waals surface area contributed by atoms with Crippen LogP contribution < -0.4 is 5.32 Å². The fourth-order valence-electron chi connectivity index (χ4n) is 3.09.